The molecule has 0 aromatic heterocycles. The first-order chi connectivity index (χ1) is 8.41. The molecule has 1 amide bonds. The van der Waals surface area contributed by atoms with Crippen LogP contribution in [0.4, 0.5) is 0 Å². The fraction of sp³-hybridized carbons (Fsp3) is 0.462. The van der Waals surface area contributed by atoms with Gasteiger partial charge in [0.25, 0.3) is 5.91 Å². The summed E-state index contributed by atoms with van der Waals surface area (Å²) >= 11 is 0. The fourth-order valence-electron chi connectivity index (χ4n) is 2.10. The maximum atomic E-state index is 12.3. The molecule has 0 unspecified atom stereocenters. The van der Waals surface area contributed by atoms with Crippen molar-refractivity contribution in [1.82, 2.24) is 4.90 Å². The van der Waals surface area contributed by atoms with E-state index in [1.165, 1.54) is 18.2 Å². The van der Waals surface area contributed by atoms with Crippen molar-refractivity contribution in [3.63, 3.8) is 0 Å². The number of morpholine rings is 1. The molecule has 0 bridgehead atoms. The van der Waals surface area contributed by atoms with Gasteiger partial charge in [0.15, 0.2) is 0 Å². The van der Waals surface area contributed by atoms with Crippen LogP contribution in [-0.4, -0.2) is 46.3 Å². The molecule has 18 heavy (non-hydrogen) atoms. The maximum Gasteiger partial charge on any atom is 0.261 e. The maximum absolute atomic E-state index is 12.3. The van der Waals surface area contributed by atoms with Crippen LogP contribution in [-0.2, 0) is 4.74 Å². The SMILES string of the molecule is CC1(C)CN(C(=O)c2c(O)cccc2O)CCO1. The molecule has 0 spiro atoms. The molecule has 1 heterocycles. The van der Waals surface area contributed by atoms with Crippen LogP contribution in [0.15, 0.2) is 18.2 Å². The van der Waals surface area contributed by atoms with Gasteiger partial charge in [0.1, 0.15) is 17.1 Å². The molecule has 1 aromatic rings. The third-order valence-corrected chi connectivity index (χ3v) is 2.95. The second kappa shape index (κ2) is 4.49. The highest BCUT2D eigenvalue weighted by Gasteiger charge is 2.32. The van der Waals surface area contributed by atoms with Crippen LogP contribution in [0, 0.1) is 0 Å². The average molecular weight is 251 g/mol. The zero-order valence-corrected chi connectivity index (χ0v) is 10.5. The van der Waals surface area contributed by atoms with Crippen LogP contribution in [0.25, 0.3) is 0 Å². The van der Waals surface area contributed by atoms with Crippen molar-refractivity contribution < 1.29 is 19.7 Å². The van der Waals surface area contributed by atoms with E-state index in [9.17, 15) is 15.0 Å². The minimum absolute atomic E-state index is 0.0461. The van der Waals surface area contributed by atoms with Crippen LogP contribution in [0.5, 0.6) is 11.5 Å². The van der Waals surface area contributed by atoms with Crippen molar-refractivity contribution >= 4 is 5.91 Å². The predicted molar refractivity (Wildman–Crippen MR) is 65.7 cm³/mol. The molecule has 1 fully saturated rings. The van der Waals surface area contributed by atoms with Crippen molar-refractivity contribution in [2.24, 2.45) is 0 Å². The molecular formula is C13H17NO4. The second-order valence-electron chi connectivity index (χ2n) is 5.01. The van der Waals surface area contributed by atoms with Crippen LogP contribution in [0.2, 0.25) is 0 Å². The van der Waals surface area contributed by atoms with Gasteiger partial charge in [0, 0.05) is 13.1 Å². The molecule has 5 nitrogen and oxygen atoms in total. The molecule has 5 heteroatoms. The van der Waals surface area contributed by atoms with Crippen LogP contribution >= 0.6 is 0 Å². The molecule has 1 aliphatic heterocycles. The van der Waals surface area contributed by atoms with Crippen molar-refractivity contribution in [2.75, 3.05) is 19.7 Å². The third-order valence-electron chi connectivity index (χ3n) is 2.95. The summed E-state index contributed by atoms with van der Waals surface area (Å²) in [5.41, 5.74) is -0.455. The lowest BCUT2D eigenvalue weighted by atomic mass is 10.1. The lowest BCUT2D eigenvalue weighted by Gasteiger charge is -2.38. The summed E-state index contributed by atoms with van der Waals surface area (Å²) < 4.78 is 5.52. The molecule has 1 aliphatic rings. The van der Waals surface area contributed by atoms with E-state index in [-0.39, 0.29) is 23.0 Å². The van der Waals surface area contributed by atoms with Gasteiger partial charge >= 0.3 is 0 Å². The summed E-state index contributed by atoms with van der Waals surface area (Å²) in [6, 6.07) is 4.27. The van der Waals surface area contributed by atoms with E-state index in [4.69, 9.17) is 4.74 Å². The van der Waals surface area contributed by atoms with Crippen molar-refractivity contribution in [2.45, 2.75) is 19.4 Å². The highest BCUT2D eigenvalue weighted by molar-refractivity contribution is 5.99. The number of phenols is 2. The van der Waals surface area contributed by atoms with Gasteiger partial charge in [-0.1, -0.05) is 6.07 Å². The monoisotopic (exact) mass is 251 g/mol. The topological polar surface area (TPSA) is 70.0 Å². The predicted octanol–water partition coefficient (Wildman–Crippen LogP) is 1.35. The Hall–Kier alpha value is -1.75. The Morgan fingerprint density at radius 2 is 1.94 bits per heavy atom. The number of hydrogen-bond acceptors (Lipinski definition) is 4. The highest BCUT2D eigenvalue weighted by atomic mass is 16.5. The fourth-order valence-corrected chi connectivity index (χ4v) is 2.10. The number of nitrogens with zero attached hydrogens (tertiary/aromatic N) is 1. The summed E-state index contributed by atoms with van der Waals surface area (Å²) in [6.07, 6.45) is 0. The van der Waals surface area contributed by atoms with Gasteiger partial charge < -0.3 is 19.8 Å². The van der Waals surface area contributed by atoms with Crippen LogP contribution in [0.3, 0.4) is 0 Å². The number of ether oxygens (including phenoxy) is 1. The summed E-state index contributed by atoms with van der Waals surface area (Å²) in [4.78, 5) is 13.9. The van der Waals surface area contributed by atoms with E-state index in [2.05, 4.69) is 0 Å². The minimum atomic E-state index is -0.409. The first-order valence-electron chi connectivity index (χ1n) is 5.85. The molecular weight excluding hydrogens is 234 g/mol. The summed E-state index contributed by atoms with van der Waals surface area (Å²) in [5, 5.41) is 19.4. The lowest BCUT2D eigenvalue weighted by molar-refractivity contribution is -0.0765. The van der Waals surface area contributed by atoms with Crippen LogP contribution < -0.4 is 0 Å². The molecule has 2 rings (SSSR count). The Morgan fingerprint density at radius 1 is 1.33 bits per heavy atom. The number of carbonyl (C=O) groups excluding carboxylic acids is 1. The van der Waals surface area contributed by atoms with Gasteiger partial charge in [0.05, 0.1) is 12.2 Å². The first-order valence-corrected chi connectivity index (χ1v) is 5.85. The van der Waals surface area contributed by atoms with Gasteiger partial charge in [0.2, 0.25) is 0 Å². The number of rotatable bonds is 1. The van der Waals surface area contributed by atoms with E-state index in [0.29, 0.717) is 19.7 Å². The molecule has 2 N–H and O–H groups in total. The van der Waals surface area contributed by atoms with Gasteiger partial charge in [-0.05, 0) is 26.0 Å². The summed E-state index contributed by atoms with van der Waals surface area (Å²) in [6.45, 7) is 5.14. The molecule has 1 aromatic carbocycles. The van der Waals surface area contributed by atoms with Crippen molar-refractivity contribution in [3.05, 3.63) is 23.8 Å². The zero-order valence-electron chi connectivity index (χ0n) is 10.5. The number of aromatic hydroxyl groups is 2. The van der Waals surface area contributed by atoms with E-state index in [0.717, 1.165) is 0 Å². The van der Waals surface area contributed by atoms with E-state index >= 15 is 0 Å². The molecule has 0 saturated carbocycles. The van der Waals surface area contributed by atoms with Gasteiger partial charge in [-0.15, -0.1) is 0 Å². The molecule has 0 aliphatic carbocycles. The van der Waals surface area contributed by atoms with Gasteiger partial charge in [-0.3, -0.25) is 4.79 Å². The Balaban J connectivity index is 2.26. The van der Waals surface area contributed by atoms with E-state index in [1.807, 2.05) is 13.8 Å². The third kappa shape index (κ3) is 2.41. The average Bonchev–Trinajstić information content (AvgIpc) is 2.27. The highest BCUT2D eigenvalue weighted by Crippen LogP contribution is 2.29. The summed E-state index contributed by atoms with van der Waals surface area (Å²) in [7, 11) is 0. The van der Waals surface area contributed by atoms with Gasteiger partial charge in [-0.2, -0.15) is 0 Å². The van der Waals surface area contributed by atoms with E-state index in [1.54, 1.807) is 4.90 Å². The van der Waals surface area contributed by atoms with E-state index < -0.39 is 5.60 Å². The van der Waals surface area contributed by atoms with Gasteiger partial charge in [-0.25, -0.2) is 0 Å². The summed E-state index contributed by atoms with van der Waals surface area (Å²) in [5.74, 6) is -0.782. The molecule has 0 radical (unpaired) electrons. The first kappa shape index (κ1) is 12.7. The smallest absolute Gasteiger partial charge is 0.261 e. The Bertz CT molecular complexity index is 450. The quantitative estimate of drug-likeness (QED) is 0.790. The minimum Gasteiger partial charge on any atom is -0.507 e. The Labute approximate surface area is 106 Å². The number of phenolic OH excluding ortho intramolecular Hbond substituents is 2. The second-order valence-corrected chi connectivity index (χ2v) is 5.01. The molecule has 1 saturated heterocycles. The standard InChI is InChI=1S/C13H17NO4/c1-13(2)8-14(6-7-18-13)12(17)11-9(15)4-3-5-10(11)16/h3-5,15-16H,6-8H2,1-2H3. The lowest BCUT2D eigenvalue weighted by Crippen LogP contribution is -2.50. The molecule has 98 valence electrons. The number of hydrogen-bond donors (Lipinski definition) is 2. The zero-order chi connectivity index (χ0) is 13.3. The van der Waals surface area contributed by atoms with Crippen molar-refractivity contribution in [1.29, 1.82) is 0 Å². The Morgan fingerprint density at radius 3 is 2.50 bits per heavy atom. The van der Waals surface area contributed by atoms with Crippen molar-refractivity contribution in [3.8, 4) is 11.5 Å². The largest absolute Gasteiger partial charge is 0.507 e. The number of carbonyl (C=O) groups is 1. The Kier molecular flexibility index (Phi) is 3.17. The number of benzene rings is 1. The normalized spacial score (nSPS) is 18.7. The number of amides is 1. The molecule has 0 atom stereocenters. The van der Waals surface area contributed by atoms with Crippen LogP contribution in [0.1, 0.15) is 24.2 Å².